The van der Waals surface area contributed by atoms with Crippen molar-refractivity contribution in [1.82, 2.24) is 14.9 Å². The fraction of sp³-hybridized carbons (Fsp3) is 0.240. The van der Waals surface area contributed by atoms with E-state index in [-0.39, 0.29) is 42.8 Å². The van der Waals surface area contributed by atoms with Gasteiger partial charge in [0.1, 0.15) is 17.3 Å². The van der Waals surface area contributed by atoms with E-state index in [1.807, 2.05) is 24.3 Å². The van der Waals surface area contributed by atoms with E-state index in [1.165, 1.54) is 29.4 Å². The molecule has 10 heteroatoms. The number of hydrogen-bond acceptors (Lipinski definition) is 6. The van der Waals surface area contributed by atoms with Crippen molar-refractivity contribution in [2.75, 3.05) is 22.9 Å². The summed E-state index contributed by atoms with van der Waals surface area (Å²) in [6.45, 7) is 5.81. The molecule has 2 aliphatic rings. The van der Waals surface area contributed by atoms with E-state index in [2.05, 4.69) is 25.4 Å². The molecule has 1 spiro atoms. The summed E-state index contributed by atoms with van der Waals surface area (Å²) in [4.78, 5) is 40.6. The second-order valence-electron chi connectivity index (χ2n) is 8.70. The van der Waals surface area contributed by atoms with Crippen molar-refractivity contribution < 1.29 is 14.0 Å². The number of halogens is 1. The Morgan fingerprint density at radius 2 is 2.09 bits per heavy atom. The molecule has 2 aliphatic heterocycles. The molecule has 35 heavy (non-hydrogen) atoms. The third-order valence-electron chi connectivity index (χ3n) is 6.58. The molecule has 2 aromatic carbocycles. The minimum absolute atomic E-state index is 0.0946. The van der Waals surface area contributed by atoms with Crippen molar-refractivity contribution in [3.05, 3.63) is 82.7 Å². The van der Waals surface area contributed by atoms with Gasteiger partial charge in [0, 0.05) is 31.0 Å². The van der Waals surface area contributed by atoms with Crippen molar-refractivity contribution in [3.63, 3.8) is 0 Å². The Morgan fingerprint density at radius 3 is 2.86 bits per heavy atom. The summed E-state index contributed by atoms with van der Waals surface area (Å²) < 4.78 is 13.9. The molecule has 1 saturated heterocycles. The lowest BCUT2D eigenvalue weighted by Crippen LogP contribution is -2.47. The number of fused-ring (bicyclic) bond motifs is 2. The highest BCUT2D eigenvalue weighted by molar-refractivity contribution is 6.07. The van der Waals surface area contributed by atoms with Crippen LogP contribution in [-0.4, -0.2) is 45.4 Å². The fourth-order valence-electron chi connectivity index (χ4n) is 4.90. The Bertz CT molecular complexity index is 1360. The Morgan fingerprint density at radius 1 is 1.29 bits per heavy atom. The van der Waals surface area contributed by atoms with Gasteiger partial charge in [-0.25, -0.2) is 14.4 Å². The Labute approximate surface area is 201 Å². The van der Waals surface area contributed by atoms with E-state index in [1.54, 1.807) is 12.1 Å². The number of carbonyl (C=O) groups is 2. The zero-order valence-electron chi connectivity index (χ0n) is 18.7. The first-order chi connectivity index (χ1) is 16.9. The summed E-state index contributed by atoms with van der Waals surface area (Å²) in [5.74, 6) is -0.641. The number of benzene rings is 2. The van der Waals surface area contributed by atoms with Gasteiger partial charge in [-0.15, -0.1) is 0 Å². The lowest BCUT2D eigenvalue weighted by Gasteiger charge is -2.26. The van der Waals surface area contributed by atoms with E-state index >= 15 is 0 Å². The molecule has 2 amide bonds. The normalized spacial score (nSPS) is 21.3. The second kappa shape index (κ2) is 8.68. The number of nitrogens with two attached hydrogens (primary N) is 1. The van der Waals surface area contributed by atoms with Crippen molar-refractivity contribution >= 4 is 29.1 Å². The Kier molecular flexibility index (Phi) is 5.53. The number of nitrogen functional groups attached to an aromatic ring is 1. The van der Waals surface area contributed by atoms with Gasteiger partial charge in [-0.2, -0.15) is 0 Å². The van der Waals surface area contributed by atoms with E-state index in [0.717, 1.165) is 5.56 Å². The van der Waals surface area contributed by atoms with Gasteiger partial charge in [-0.1, -0.05) is 35.2 Å². The highest BCUT2D eigenvalue weighted by Crippen LogP contribution is 2.46. The van der Waals surface area contributed by atoms with Gasteiger partial charge in [0.2, 0.25) is 5.91 Å². The maximum absolute atomic E-state index is 13.9. The van der Waals surface area contributed by atoms with Crippen LogP contribution in [0.1, 0.15) is 17.5 Å². The first kappa shape index (κ1) is 22.3. The molecular weight excluding hydrogens is 449 g/mol. The quantitative estimate of drug-likeness (QED) is 0.526. The van der Waals surface area contributed by atoms with Gasteiger partial charge in [0.25, 0.3) is 12.5 Å². The topological polar surface area (TPSA) is 118 Å². The van der Waals surface area contributed by atoms with E-state index in [9.17, 15) is 14.0 Å². The number of nitrogens with zero attached hydrogens (tertiary/aromatic N) is 4. The standard InChI is InChI=1S/C25H22FN7O2/c1-28-20-13-25(17-7-2-3-8-18(17)32-24(25)35)14-33(20)23(34)19(12-15-5-4-6-16(26)11-15)31-22-21(27)29-9-10-30-22/h1-11,19-20H,12-14H2,(H3-,27,29,30,31,32,35)/p+1/t19-,20-,25-/m0/s1. The molecule has 1 aromatic heterocycles. The van der Waals surface area contributed by atoms with Crippen molar-refractivity contribution in [2.24, 2.45) is 0 Å². The molecule has 0 radical (unpaired) electrons. The third kappa shape index (κ3) is 3.91. The van der Waals surface area contributed by atoms with Gasteiger partial charge in [0.15, 0.2) is 11.6 Å². The number of hydrogen-bond donors (Lipinski definition) is 3. The third-order valence-corrected chi connectivity index (χ3v) is 6.58. The van der Waals surface area contributed by atoms with E-state index < -0.39 is 23.4 Å². The predicted molar refractivity (Wildman–Crippen MR) is 129 cm³/mol. The van der Waals surface area contributed by atoms with Gasteiger partial charge >= 0.3 is 6.17 Å². The highest BCUT2D eigenvalue weighted by Gasteiger charge is 2.60. The van der Waals surface area contributed by atoms with Crippen LogP contribution in [-0.2, 0) is 21.4 Å². The molecule has 0 aliphatic carbocycles. The summed E-state index contributed by atoms with van der Waals surface area (Å²) in [5, 5.41) is 5.96. The average molecular weight is 473 g/mol. The molecule has 1 fully saturated rings. The zero-order chi connectivity index (χ0) is 24.6. The van der Waals surface area contributed by atoms with Gasteiger partial charge in [-0.05, 0) is 29.3 Å². The lowest BCUT2D eigenvalue weighted by molar-refractivity contribution is -0.132. The van der Waals surface area contributed by atoms with Gasteiger partial charge in [-0.3, -0.25) is 14.5 Å². The average Bonchev–Trinajstić information content (AvgIpc) is 3.38. The maximum Gasteiger partial charge on any atom is 0.350 e. The van der Waals surface area contributed by atoms with Crippen LogP contribution in [0, 0.1) is 12.4 Å². The van der Waals surface area contributed by atoms with Crippen LogP contribution in [0.2, 0.25) is 0 Å². The molecule has 3 atom stereocenters. The van der Waals surface area contributed by atoms with Crippen molar-refractivity contribution in [3.8, 4) is 6.57 Å². The summed E-state index contributed by atoms with van der Waals surface area (Å²) in [7, 11) is 0. The van der Waals surface area contributed by atoms with Crippen LogP contribution in [0.4, 0.5) is 21.7 Å². The number of aromatic nitrogens is 2. The molecule has 9 nitrogen and oxygen atoms in total. The number of nitrogens with one attached hydrogen (secondary N) is 2. The molecular formula is C25H23FN7O2+. The number of amides is 2. The van der Waals surface area contributed by atoms with Crippen LogP contribution >= 0.6 is 0 Å². The Balaban J connectivity index is 1.49. The molecule has 3 aromatic rings. The predicted octanol–water partition coefficient (Wildman–Crippen LogP) is 2.63. The fourth-order valence-corrected chi connectivity index (χ4v) is 4.90. The number of rotatable bonds is 5. The molecule has 0 saturated carbocycles. The van der Waals surface area contributed by atoms with Gasteiger partial charge in [0.05, 0.1) is 6.42 Å². The largest absolute Gasteiger partial charge is 0.381 e. The monoisotopic (exact) mass is 472 g/mol. The zero-order valence-corrected chi connectivity index (χ0v) is 18.7. The second-order valence-corrected chi connectivity index (χ2v) is 8.70. The first-order valence-corrected chi connectivity index (χ1v) is 11.1. The van der Waals surface area contributed by atoms with Gasteiger partial charge < -0.3 is 16.4 Å². The summed E-state index contributed by atoms with van der Waals surface area (Å²) >= 11 is 0. The van der Waals surface area contributed by atoms with E-state index in [0.29, 0.717) is 11.3 Å². The van der Waals surface area contributed by atoms with Crippen molar-refractivity contribution in [2.45, 2.75) is 30.5 Å². The molecule has 3 heterocycles. The number of para-hydroxylation sites is 1. The molecule has 0 unspecified atom stereocenters. The van der Waals surface area contributed by atoms with Crippen LogP contribution in [0.15, 0.2) is 60.9 Å². The summed E-state index contributed by atoms with van der Waals surface area (Å²) in [6, 6.07) is 12.5. The number of likely N-dealkylation sites (tertiary alicyclic amines) is 1. The summed E-state index contributed by atoms with van der Waals surface area (Å²) in [5.41, 5.74) is 7.10. The van der Waals surface area contributed by atoms with Crippen LogP contribution in [0.3, 0.4) is 0 Å². The maximum atomic E-state index is 13.9. The summed E-state index contributed by atoms with van der Waals surface area (Å²) in [6.07, 6.45) is 2.54. The minimum atomic E-state index is -0.964. The SMILES string of the molecule is C#[N+][C@@H]1C[C@@]2(CN1C(=O)[C@H](Cc1cccc(F)c1)Nc1nccnc1N)C(=O)Nc1ccccc12. The lowest BCUT2D eigenvalue weighted by atomic mass is 9.80. The number of anilines is 3. The van der Waals surface area contributed by atoms with Crippen LogP contribution in [0.5, 0.6) is 0 Å². The van der Waals surface area contributed by atoms with Crippen LogP contribution < -0.4 is 16.4 Å². The smallest absolute Gasteiger partial charge is 0.350 e. The molecule has 5 rings (SSSR count). The number of carbonyl (C=O) groups excluding carboxylic acids is 2. The molecule has 176 valence electrons. The van der Waals surface area contributed by atoms with E-state index in [4.69, 9.17) is 12.3 Å². The van der Waals surface area contributed by atoms with Crippen LogP contribution in [0.25, 0.3) is 4.85 Å². The first-order valence-electron chi connectivity index (χ1n) is 11.1. The Hall–Kier alpha value is -4.52. The highest BCUT2D eigenvalue weighted by atomic mass is 19.1. The van der Waals surface area contributed by atoms with Crippen molar-refractivity contribution in [1.29, 1.82) is 0 Å². The molecule has 4 N–H and O–H groups in total. The minimum Gasteiger partial charge on any atom is -0.381 e. The molecule has 0 bridgehead atoms.